The first-order valence-electron chi connectivity index (χ1n) is 5.86. The number of benzene rings is 1. The second-order valence-electron chi connectivity index (χ2n) is 4.46. The predicted molar refractivity (Wildman–Crippen MR) is 73.3 cm³/mol. The Morgan fingerprint density at radius 1 is 1.38 bits per heavy atom. The lowest BCUT2D eigenvalue weighted by atomic mass is 10.1. The standard InChI is InChI=1S/C12H12ClF2N3O2S/c1-7(9-5-8(14)3-4-10(9)15)17-21(19,20)12-11(13)18(2)6-16-12/h3-7,17H,1-2H3/t7-/m1/s1. The molecular weight excluding hydrogens is 324 g/mol. The highest BCUT2D eigenvalue weighted by Crippen LogP contribution is 2.23. The summed E-state index contributed by atoms with van der Waals surface area (Å²) in [5.41, 5.74) is -0.106. The van der Waals surface area contributed by atoms with E-state index in [0.717, 1.165) is 18.2 Å². The van der Waals surface area contributed by atoms with Gasteiger partial charge in [0.1, 0.15) is 16.8 Å². The van der Waals surface area contributed by atoms with Crippen molar-refractivity contribution in [3.63, 3.8) is 0 Å². The Kier molecular flexibility index (Phi) is 4.31. The molecule has 0 aliphatic carbocycles. The van der Waals surface area contributed by atoms with Crippen molar-refractivity contribution in [3.8, 4) is 0 Å². The first-order valence-corrected chi connectivity index (χ1v) is 7.72. The highest BCUT2D eigenvalue weighted by atomic mass is 35.5. The fourth-order valence-corrected chi connectivity index (χ4v) is 3.43. The Labute approximate surface area is 125 Å². The maximum Gasteiger partial charge on any atom is 0.261 e. The molecule has 21 heavy (non-hydrogen) atoms. The van der Waals surface area contributed by atoms with Gasteiger partial charge in [-0.25, -0.2) is 26.9 Å². The summed E-state index contributed by atoms with van der Waals surface area (Å²) in [5.74, 6) is -1.37. The minimum Gasteiger partial charge on any atom is -0.324 e. The van der Waals surface area contributed by atoms with E-state index >= 15 is 0 Å². The van der Waals surface area contributed by atoms with Gasteiger partial charge in [-0.1, -0.05) is 11.6 Å². The third-order valence-corrected chi connectivity index (χ3v) is 4.87. The highest BCUT2D eigenvalue weighted by Gasteiger charge is 2.26. The topological polar surface area (TPSA) is 64.0 Å². The van der Waals surface area contributed by atoms with Gasteiger partial charge < -0.3 is 4.57 Å². The van der Waals surface area contributed by atoms with E-state index in [-0.39, 0.29) is 15.7 Å². The number of aromatic nitrogens is 2. The number of hydrogen-bond acceptors (Lipinski definition) is 3. The molecule has 1 atom stereocenters. The van der Waals surface area contributed by atoms with Crippen LogP contribution in [0.25, 0.3) is 0 Å². The lowest BCUT2D eigenvalue weighted by Crippen LogP contribution is -2.28. The van der Waals surface area contributed by atoms with Crippen molar-refractivity contribution >= 4 is 21.6 Å². The molecule has 2 rings (SSSR count). The van der Waals surface area contributed by atoms with Crippen LogP contribution in [0.3, 0.4) is 0 Å². The molecule has 0 unspecified atom stereocenters. The number of sulfonamides is 1. The third-order valence-electron chi connectivity index (χ3n) is 2.85. The van der Waals surface area contributed by atoms with Crippen LogP contribution in [-0.2, 0) is 17.1 Å². The molecule has 0 radical (unpaired) electrons. The molecule has 2 aromatic rings. The lowest BCUT2D eigenvalue weighted by Gasteiger charge is -2.14. The number of hydrogen-bond donors (Lipinski definition) is 1. The van der Waals surface area contributed by atoms with E-state index in [1.807, 2.05) is 0 Å². The number of halogens is 3. The van der Waals surface area contributed by atoms with Crippen molar-refractivity contribution in [2.24, 2.45) is 7.05 Å². The van der Waals surface area contributed by atoms with Gasteiger partial charge >= 0.3 is 0 Å². The van der Waals surface area contributed by atoms with E-state index in [1.54, 1.807) is 0 Å². The minimum atomic E-state index is -4.05. The van der Waals surface area contributed by atoms with Gasteiger partial charge in [-0.2, -0.15) is 0 Å². The van der Waals surface area contributed by atoms with Gasteiger partial charge in [-0.05, 0) is 25.1 Å². The van der Waals surface area contributed by atoms with Crippen LogP contribution in [0.5, 0.6) is 0 Å². The Bertz CT molecular complexity index is 777. The van der Waals surface area contributed by atoms with Crippen molar-refractivity contribution in [2.75, 3.05) is 0 Å². The Hall–Kier alpha value is -1.51. The van der Waals surface area contributed by atoms with E-state index in [1.165, 1.54) is 24.9 Å². The summed E-state index contributed by atoms with van der Waals surface area (Å²) in [6.07, 6.45) is 1.24. The van der Waals surface area contributed by atoms with E-state index in [0.29, 0.717) is 0 Å². The quantitative estimate of drug-likeness (QED) is 0.933. The lowest BCUT2D eigenvalue weighted by molar-refractivity contribution is 0.540. The monoisotopic (exact) mass is 335 g/mol. The smallest absolute Gasteiger partial charge is 0.261 e. The predicted octanol–water partition coefficient (Wildman–Crippen LogP) is 2.39. The van der Waals surface area contributed by atoms with Crippen LogP contribution < -0.4 is 4.72 Å². The van der Waals surface area contributed by atoms with Crippen molar-refractivity contribution in [3.05, 3.63) is 46.9 Å². The van der Waals surface area contributed by atoms with Gasteiger partial charge in [-0.3, -0.25) is 0 Å². The Morgan fingerprint density at radius 2 is 2.05 bits per heavy atom. The first kappa shape index (κ1) is 15.9. The molecule has 1 N–H and O–H groups in total. The summed E-state index contributed by atoms with van der Waals surface area (Å²) in [6.45, 7) is 1.40. The summed E-state index contributed by atoms with van der Waals surface area (Å²) < 4.78 is 54.6. The average molecular weight is 336 g/mol. The molecule has 1 heterocycles. The Morgan fingerprint density at radius 3 is 2.62 bits per heavy atom. The molecule has 1 aromatic carbocycles. The van der Waals surface area contributed by atoms with Gasteiger partial charge in [0.15, 0.2) is 0 Å². The van der Waals surface area contributed by atoms with Crippen molar-refractivity contribution in [1.82, 2.24) is 14.3 Å². The highest BCUT2D eigenvalue weighted by molar-refractivity contribution is 7.89. The molecule has 0 saturated carbocycles. The van der Waals surface area contributed by atoms with Gasteiger partial charge in [-0.15, -0.1) is 0 Å². The van der Waals surface area contributed by atoms with Gasteiger partial charge in [0.2, 0.25) is 5.03 Å². The number of aryl methyl sites for hydroxylation is 1. The molecule has 5 nitrogen and oxygen atoms in total. The minimum absolute atomic E-state index is 0.0746. The van der Waals surface area contributed by atoms with Crippen molar-refractivity contribution < 1.29 is 17.2 Å². The van der Waals surface area contributed by atoms with E-state index < -0.39 is 27.7 Å². The van der Waals surface area contributed by atoms with E-state index in [4.69, 9.17) is 11.6 Å². The number of imidazole rings is 1. The average Bonchev–Trinajstić information content (AvgIpc) is 2.73. The fourth-order valence-electron chi connectivity index (χ4n) is 1.77. The Balaban J connectivity index is 2.32. The van der Waals surface area contributed by atoms with Crippen molar-refractivity contribution in [2.45, 2.75) is 18.0 Å². The second-order valence-corrected chi connectivity index (χ2v) is 6.45. The maximum atomic E-state index is 13.6. The van der Waals surface area contributed by atoms with Crippen LogP contribution in [0, 0.1) is 11.6 Å². The van der Waals surface area contributed by atoms with Crippen LogP contribution in [-0.4, -0.2) is 18.0 Å². The molecule has 9 heteroatoms. The molecule has 0 fully saturated rings. The zero-order valence-corrected chi connectivity index (χ0v) is 12.7. The molecular formula is C12H12ClF2N3O2S. The SMILES string of the molecule is C[C@@H](NS(=O)(=O)c1ncn(C)c1Cl)c1cc(F)ccc1F. The molecule has 114 valence electrons. The largest absolute Gasteiger partial charge is 0.324 e. The van der Waals surface area contributed by atoms with Crippen LogP contribution in [0.4, 0.5) is 8.78 Å². The van der Waals surface area contributed by atoms with Crippen LogP contribution in [0.15, 0.2) is 29.6 Å². The fraction of sp³-hybridized carbons (Fsp3) is 0.250. The zero-order valence-electron chi connectivity index (χ0n) is 11.1. The molecule has 0 saturated heterocycles. The van der Waals surface area contributed by atoms with Crippen LogP contribution in [0.2, 0.25) is 5.15 Å². The van der Waals surface area contributed by atoms with Gasteiger partial charge in [0.05, 0.1) is 6.33 Å². The molecule has 0 amide bonds. The molecule has 0 aliphatic heterocycles. The number of rotatable bonds is 4. The summed E-state index contributed by atoms with van der Waals surface area (Å²) in [5, 5.41) is -0.440. The summed E-state index contributed by atoms with van der Waals surface area (Å²) in [7, 11) is -2.52. The van der Waals surface area contributed by atoms with Gasteiger partial charge in [0.25, 0.3) is 10.0 Å². The molecule has 0 aliphatic rings. The molecule has 1 aromatic heterocycles. The van der Waals surface area contributed by atoms with Crippen molar-refractivity contribution in [1.29, 1.82) is 0 Å². The molecule has 0 bridgehead atoms. The van der Waals surface area contributed by atoms with Gasteiger partial charge in [0, 0.05) is 18.7 Å². The second kappa shape index (κ2) is 5.70. The third kappa shape index (κ3) is 3.22. The van der Waals surface area contributed by atoms with E-state index in [9.17, 15) is 17.2 Å². The summed E-state index contributed by atoms with van der Waals surface area (Å²) in [4.78, 5) is 3.69. The molecule has 0 spiro atoms. The van der Waals surface area contributed by atoms with Crippen LogP contribution >= 0.6 is 11.6 Å². The maximum absolute atomic E-state index is 13.6. The number of nitrogens with zero attached hydrogens (tertiary/aromatic N) is 2. The van der Waals surface area contributed by atoms with Crippen LogP contribution in [0.1, 0.15) is 18.5 Å². The normalized spacial score (nSPS) is 13.4. The number of nitrogens with one attached hydrogen (secondary N) is 1. The summed E-state index contributed by atoms with van der Waals surface area (Å²) in [6, 6.07) is 1.84. The van der Waals surface area contributed by atoms with E-state index in [2.05, 4.69) is 9.71 Å². The first-order chi connectivity index (χ1) is 9.72. The zero-order chi connectivity index (χ0) is 15.8. The summed E-state index contributed by atoms with van der Waals surface area (Å²) >= 11 is 5.83.